The summed E-state index contributed by atoms with van der Waals surface area (Å²) in [5, 5.41) is 0. The number of unbranched alkanes of at least 4 members (excludes halogenated alkanes) is 11. The van der Waals surface area contributed by atoms with Crippen LogP contribution >= 0.6 is 8.60 Å². The van der Waals surface area contributed by atoms with Gasteiger partial charge in [-0.25, -0.2) is 0 Å². The van der Waals surface area contributed by atoms with E-state index in [1.165, 1.54) is 82.6 Å². The van der Waals surface area contributed by atoms with E-state index in [0.29, 0.717) is 6.61 Å². The molecular weight excluding hydrogens is 513 g/mol. The smallest absolute Gasteiger partial charge is 0.329 e. The van der Waals surface area contributed by atoms with Gasteiger partial charge < -0.3 is 28.3 Å². The fourth-order valence-corrected chi connectivity index (χ4v) is 4.90. The van der Waals surface area contributed by atoms with Crippen LogP contribution < -0.4 is 4.74 Å². The van der Waals surface area contributed by atoms with Crippen molar-refractivity contribution in [2.45, 2.75) is 116 Å². The molecule has 0 amide bonds. The highest BCUT2D eigenvalue weighted by Crippen LogP contribution is 2.33. The van der Waals surface area contributed by atoms with E-state index in [1.54, 1.807) is 6.92 Å². The van der Waals surface area contributed by atoms with Crippen LogP contribution in [-0.4, -0.2) is 62.3 Å². The Bertz CT molecular complexity index is 720. The van der Waals surface area contributed by atoms with E-state index < -0.39 is 14.7 Å². The summed E-state index contributed by atoms with van der Waals surface area (Å²) < 4.78 is 22.2. The molecule has 226 valence electrons. The highest BCUT2D eigenvalue weighted by Gasteiger charge is 2.18. The van der Waals surface area contributed by atoms with Crippen molar-refractivity contribution >= 4 is 14.6 Å². The number of aryl methyl sites for hydroxylation is 1. The number of hydrogen-bond acceptors (Lipinski definition) is 7. The third-order valence-corrected chi connectivity index (χ3v) is 7.34. The summed E-state index contributed by atoms with van der Waals surface area (Å²) >= 11 is 0. The minimum atomic E-state index is -2.03. The molecule has 1 N–H and O–H groups in total. The Kier molecular flexibility index (Phi) is 22.5. The molecule has 2 atom stereocenters. The first-order valence-corrected chi connectivity index (χ1v) is 16.4. The van der Waals surface area contributed by atoms with Gasteiger partial charge in [0.25, 0.3) is 0 Å². The molecule has 0 aliphatic carbocycles. The van der Waals surface area contributed by atoms with Gasteiger partial charge in [0.2, 0.25) is 0 Å². The zero-order valence-corrected chi connectivity index (χ0v) is 26.1. The number of benzene rings is 1. The molecule has 0 spiro atoms. The van der Waals surface area contributed by atoms with Crippen LogP contribution in [0.25, 0.3) is 0 Å². The molecule has 1 aromatic carbocycles. The van der Waals surface area contributed by atoms with E-state index >= 15 is 0 Å². The standard InChI is InChI=1S/C31H56NO6P/c1-5-7-8-9-10-11-12-13-14-15-16-17-20-28-21-18-22-29(25-28)35-26-30(38-31(33)6-2)27-37-39(34)36-24-19-23-32(3)4/h18,21-22,25,30,34H,5-17,19-20,23-24,26-27H2,1-4H3. The Morgan fingerprint density at radius 3 is 2.13 bits per heavy atom. The summed E-state index contributed by atoms with van der Waals surface area (Å²) in [6.07, 6.45) is 17.6. The van der Waals surface area contributed by atoms with Crippen molar-refractivity contribution in [2.24, 2.45) is 0 Å². The summed E-state index contributed by atoms with van der Waals surface area (Å²) in [6.45, 7) is 5.45. The van der Waals surface area contributed by atoms with Crippen molar-refractivity contribution in [1.29, 1.82) is 0 Å². The van der Waals surface area contributed by atoms with Gasteiger partial charge in [0.15, 0.2) is 6.10 Å². The van der Waals surface area contributed by atoms with Gasteiger partial charge in [0.05, 0.1) is 13.2 Å². The molecule has 0 saturated carbocycles. The molecule has 0 heterocycles. The molecule has 0 bridgehead atoms. The summed E-state index contributed by atoms with van der Waals surface area (Å²) in [7, 11) is 1.95. The van der Waals surface area contributed by atoms with Crippen molar-refractivity contribution in [3.8, 4) is 5.75 Å². The lowest BCUT2D eigenvalue weighted by Crippen LogP contribution is -2.29. The maximum absolute atomic E-state index is 11.9. The fourth-order valence-electron chi connectivity index (χ4n) is 4.24. The summed E-state index contributed by atoms with van der Waals surface area (Å²) in [5.74, 6) is 0.414. The summed E-state index contributed by atoms with van der Waals surface area (Å²) in [4.78, 5) is 23.9. The number of carbonyl (C=O) groups is 1. The summed E-state index contributed by atoms with van der Waals surface area (Å²) in [5.41, 5.74) is 1.25. The Labute approximate surface area is 239 Å². The molecule has 39 heavy (non-hydrogen) atoms. The number of rotatable bonds is 26. The van der Waals surface area contributed by atoms with Crippen LogP contribution in [-0.2, 0) is 25.0 Å². The minimum absolute atomic E-state index is 0.0141. The van der Waals surface area contributed by atoms with E-state index in [9.17, 15) is 9.69 Å². The molecular formula is C31H56NO6P. The molecule has 1 rings (SSSR count). The predicted molar refractivity (Wildman–Crippen MR) is 161 cm³/mol. The zero-order chi connectivity index (χ0) is 28.6. The number of nitrogens with zero attached hydrogens (tertiary/aromatic N) is 1. The second kappa shape index (κ2) is 24.5. The van der Waals surface area contributed by atoms with E-state index in [4.69, 9.17) is 18.5 Å². The molecule has 0 radical (unpaired) electrons. The Morgan fingerprint density at radius 2 is 1.51 bits per heavy atom. The van der Waals surface area contributed by atoms with Gasteiger partial charge in [-0.3, -0.25) is 4.79 Å². The van der Waals surface area contributed by atoms with Crippen molar-refractivity contribution in [3.63, 3.8) is 0 Å². The molecule has 0 fully saturated rings. The van der Waals surface area contributed by atoms with Gasteiger partial charge in [-0.05, 0) is 57.6 Å². The first-order valence-electron chi connectivity index (χ1n) is 15.2. The van der Waals surface area contributed by atoms with Gasteiger partial charge in [-0.1, -0.05) is 96.6 Å². The highest BCUT2D eigenvalue weighted by molar-refractivity contribution is 7.40. The second-order valence-corrected chi connectivity index (χ2v) is 11.6. The number of carbonyl (C=O) groups excluding carboxylic acids is 1. The number of hydrogen-bond donors (Lipinski definition) is 1. The van der Waals surface area contributed by atoms with Crippen LogP contribution in [0.4, 0.5) is 0 Å². The quantitative estimate of drug-likeness (QED) is 0.0692. The van der Waals surface area contributed by atoms with Gasteiger partial charge in [0.1, 0.15) is 12.4 Å². The topological polar surface area (TPSA) is 77.5 Å². The SMILES string of the molecule is CCCCCCCCCCCCCCc1cccc(OCC(COP(O)OCCCN(C)C)OC(=O)CC)c1. The van der Waals surface area contributed by atoms with Gasteiger partial charge in [-0.2, -0.15) is 0 Å². The molecule has 7 nitrogen and oxygen atoms in total. The molecule has 1 aromatic rings. The third-order valence-electron chi connectivity index (χ3n) is 6.56. The van der Waals surface area contributed by atoms with Crippen LogP contribution in [0.5, 0.6) is 5.75 Å². The van der Waals surface area contributed by atoms with Crippen molar-refractivity contribution in [2.75, 3.05) is 40.5 Å². The molecule has 2 unspecified atom stereocenters. The van der Waals surface area contributed by atoms with Crippen LogP contribution in [0.15, 0.2) is 24.3 Å². The maximum Gasteiger partial charge on any atom is 0.329 e. The van der Waals surface area contributed by atoms with E-state index in [0.717, 1.165) is 25.1 Å². The molecule has 8 heteroatoms. The number of esters is 1. The molecule has 0 aliphatic rings. The first kappa shape index (κ1) is 35.8. The lowest BCUT2D eigenvalue weighted by molar-refractivity contribution is -0.152. The van der Waals surface area contributed by atoms with E-state index in [-0.39, 0.29) is 25.6 Å². The van der Waals surface area contributed by atoms with Crippen LogP contribution in [0.3, 0.4) is 0 Å². The van der Waals surface area contributed by atoms with Crippen molar-refractivity contribution in [3.05, 3.63) is 29.8 Å². The maximum atomic E-state index is 11.9. The lowest BCUT2D eigenvalue weighted by atomic mass is 10.0. The molecule has 0 saturated heterocycles. The van der Waals surface area contributed by atoms with Crippen molar-refractivity contribution in [1.82, 2.24) is 4.90 Å². The van der Waals surface area contributed by atoms with Crippen LogP contribution in [0, 0.1) is 0 Å². The van der Waals surface area contributed by atoms with Gasteiger partial charge in [0, 0.05) is 6.42 Å². The fraction of sp³-hybridized carbons (Fsp3) is 0.774. The normalized spacial score (nSPS) is 13.0. The van der Waals surface area contributed by atoms with Crippen LogP contribution in [0.1, 0.15) is 109 Å². The third kappa shape index (κ3) is 21.2. The highest BCUT2D eigenvalue weighted by atomic mass is 31.2. The predicted octanol–water partition coefficient (Wildman–Crippen LogP) is 7.83. The average Bonchev–Trinajstić information content (AvgIpc) is 2.93. The average molecular weight is 570 g/mol. The Hall–Kier alpha value is -1.24. The van der Waals surface area contributed by atoms with E-state index in [2.05, 4.69) is 24.0 Å². The first-order chi connectivity index (χ1) is 18.9. The van der Waals surface area contributed by atoms with Crippen molar-refractivity contribution < 1.29 is 28.2 Å². The minimum Gasteiger partial charge on any atom is -0.490 e. The monoisotopic (exact) mass is 569 g/mol. The van der Waals surface area contributed by atoms with Gasteiger partial charge >= 0.3 is 14.6 Å². The molecule has 0 aromatic heterocycles. The Balaban J connectivity index is 2.29. The largest absolute Gasteiger partial charge is 0.490 e. The van der Waals surface area contributed by atoms with E-state index in [1.807, 2.05) is 26.2 Å². The van der Waals surface area contributed by atoms with Crippen LogP contribution in [0.2, 0.25) is 0 Å². The zero-order valence-electron chi connectivity index (χ0n) is 25.2. The lowest BCUT2D eigenvalue weighted by Gasteiger charge is -2.20. The molecule has 0 aliphatic heterocycles. The second-order valence-electron chi connectivity index (χ2n) is 10.6. The number of ether oxygens (including phenoxy) is 2. The van der Waals surface area contributed by atoms with Gasteiger partial charge in [-0.15, -0.1) is 0 Å². The Morgan fingerprint density at radius 1 is 0.872 bits per heavy atom. The summed E-state index contributed by atoms with van der Waals surface area (Å²) in [6, 6.07) is 8.11.